The Morgan fingerprint density at radius 2 is 2.20 bits per heavy atom. The van der Waals surface area contributed by atoms with Gasteiger partial charge in [0.05, 0.1) is 31.5 Å². The molecule has 2 aromatic heterocycles. The summed E-state index contributed by atoms with van der Waals surface area (Å²) >= 11 is 0. The van der Waals surface area contributed by atoms with Gasteiger partial charge in [-0.3, -0.25) is 9.48 Å². The summed E-state index contributed by atoms with van der Waals surface area (Å²) in [4.78, 5) is 17.3. The predicted molar refractivity (Wildman–Crippen MR) is 110 cm³/mol. The van der Waals surface area contributed by atoms with Crippen LogP contribution in [-0.4, -0.2) is 38.9 Å². The Morgan fingerprint density at radius 1 is 1.33 bits per heavy atom. The lowest BCUT2D eigenvalue weighted by Crippen LogP contribution is -2.43. The zero-order valence-electron chi connectivity index (χ0n) is 17.4. The largest absolute Gasteiger partial charge is 0.380 e. The Bertz CT molecular complexity index is 1080. The SMILES string of the molecule is CCc1nc(-c2ccc3c(c2)CC[C@H]3CC(=O)c2cnn(CC3(C)COC3)c2)no1. The molecular weight excluding hydrogens is 380 g/mol. The molecule has 5 rings (SSSR count). The second-order valence-electron chi connectivity index (χ2n) is 8.87. The fraction of sp³-hybridized carbons (Fsp3) is 0.478. The van der Waals surface area contributed by atoms with Crippen molar-refractivity contribution in [1.82, 2.24) is 19.9 Å². The van der Waals surface area contributed by atoms with E-state index in [2.05, 4.69) is 34.3 Å². The molecule has 0 N–H and O–H groups in total. The van der Waals surface area contributed by atoms with Gasteiger partial charge in [0.15, 0.2) is 5.78 Å². The van der Waals surface area contributed by atoms with E-state index >= 15 is 0 Å². The number of hydrogen-bond acceptors (Lipinski definition) is 6. The molecule has 30 heavy (non-hydrogen) atoms. The van der Waals surface area contributed by atoms with Crippen molar-refractivity contribution in [1.29, 1.82) is 0 Å². The third kappa shape index (κ3) is 3.58. The van der Waals surface area contributed by atoms with Crippen LogP contribution >= 0.6 is 0 Å². The molecule has 1 aliphatic carbocycles. The van der Waals surface area contributed by atoms with E-state index in [1.165, 1.54) is 11.1 Å². The van der Waals surface area contributed by atoms with Crippen molar-refractivity contribution >= 4 is 5.78 Å². The summed E-state index contributed by atoms with van der Waals surface area (Å²) in [6.07, 6.45) is 6.78. The number of benzene rings is 1. The Morgan fingerprint density at radius 3 is 2.93 bits per heavy atom. The molecule has 0 bridgehead atoms. The maximum Gasteiger partial charge on any atom is 0.226 e. The van der Waals surface area contributed by atoms with Gasteiger partial charge in [0, 0.05) is 30.0 Å². The normalized spacial score (nSPS) is 19.5. The van der Waals surface area contributed by atoms with Crippen molar-refractivity contribution in [2.75, 3.05) is 13.2 Å². The van der Waals surface area contributed by atoms with Gasteiger partial charge >= 0.3 is 0 Å². The van der Waals surface area contributed by atoms with Crippen molar-refractivity contribution in [2.45, 2.75) is 52.0 Å². The standard InChI is InChI=1S/C23H26N4O3/c1-3-21-25-22(26-30-21)17-6-7-19-15(8-17)4-5-16(19)9-20(28)18-10-24-27(11-18)12-23(2)13-29-14-23/h6-8,10-11,16H,3-5,9,12-14H2,1-2H3/t16-/m0/s1. The first-order valence-corrected chi connectivity index (χ1v) is 10.6. The summed E-state index contributed by atoms with van der Waals surface area (Å²) in [6.45, 7) is 6.46. The highest BCUT2D eigenvalue weighted by molar-refractivity contribution is 5.96. The predicted octanol–water partition coefficient (Wildman–Crippen LogP) is 3.83. The number of fused-ring (bicyclic) bond motifs is 1. The van der Waals surface area contributed by atoms with Crippen molar-refractivity contribution in [2.24, 2.45) is 5.41 Å². The lowest BCUT2D eigenvalue weighted by Gasteiger charge is -2.37. The van der Waals surface area contributed by atoms with Crippen molar-refractivity contribution in [3.05, 3.63) is 53.2 Å². The molecule has 156 valence electrons. The van der Waals surface area contributed by atoms with Crippen LogP contribution in [0.1, 0.15) is 60.0 Å². The van der Waals surface area contributed by atoms with Crippen LogP contribution in [0.3, 0.4) is 0 Å². The van der Waals surface area contributed by atoms with Crippen LogP contribution in [0.25, 0.3) is 11.4 Å². The average Bonchev–Trinajstić information content (AvgIpc) is 3.46. The van der Waals surface area contributed by atoms with Crippen LogP contribution in [0, 0.1) is 5.41 Å². The van der Waals surface area contributed by atoms with E-state index < -0.39 is 0 Å². The van der Waals surface area contributed by atoms with Crippen LogP contribution in [0.5, 0.6) is 0 Å². The second-order valence-corrected chi connectivity index (χ2v) is 8.87. The molecule has 3 aromatic rings. The first-order valence-electron chi connectivity index (χ1n) is 10.6. The van der Waals surface area contributed by atoms with E-state index in [1.807, 2.05) is 23.9 Å². The molecule has 1 saturated heterocycles. The topological polar surface area (TPSA) is 83.0 Å². The van der Waals surface area contributed by atoms with Gasteiger partial charge in [-0.1, -0.05) is 31.1 Å². The molecule has 0 amide bonds. The maximum atomic E-state index is 12.9. The van der Waals surface area contributed by atoms with Gasteiger partial charge in [0.1, 0.15) is 0 Å². The second kappa shape index (κ2) is 7.47. The number of aromatic nitrogens is 4. The van der Waals surface area contributed by atoms with Crippen LogP contribution < -0.4 is 0 Å². The highest BCUT2D eigenvalue weighted by Crippen LogP contribution is 2.38. The lowest BCUT2D eigenvalue weighted by molar-refractivity contribution is -0.111. The van der Waals surface area contributed by atoms with Crippen LogP contribution in [0.15, 0.2) is 35.1 Å². The molecule has 1 aliphatic heterocycles. The number of rotatable bonds is 7. The fourth-order valence-corrected chi connectivity index (χ4v) is 4.44. The molecule has 3 heterocycles. The Kier molecular flexibility index (Phi) is 4.77. The van der Waals surface area contributed by atoms with E-state index in [1.54, 1.807) is 6.20 Å². The minimum atomic E-state index is 0.130. The van der Waals surface area contributed by atoms with Crippen LogP contribution in [-0.2, 0) is 24.1 Å². The zero-order chi connectivity index (χ0) is 20.7. The van der Waals surface area contributed by atoms with Gasteiger partial charge < -0.3 is 9.26 Å². The number of ether oxygens (including phenoxy) is 1. The monoisotopic (exact) mass is 406 g/mol. The fourth-order valence-electron chi connectivity index (χ4n) is 4.44. The Hall–Kier alpha value is -2.80. The number of hydrogen-bond donors (Lipinski definition) is 0. The van der Waals surface area contributed by atoms with Crippen LogP contribution in [0.2, 0.25) is 0 Å². The molecule has 1 aromatic carbocycles. The molecule has 2 aliphatic rings. The summed E-state index contributed by atoms with van der Waals surface area (Å²) in [7, 11) is 0. The minimum Gasteiger partial charge on any atom is -0.380 e. The molecule has 7 heteroatoms. The average molecular weight is 406 g/mol. The third-order valence-electron chi connectivity index (χ3n) is 6.21. The number of Topliss-reactive ketones (excluding diaryl/α,β-unsaturated/α-hetero) is 1. The first-order chi connectivity index (χ1) is 14.5. The van der Waals surface area contributed by atoms with Gasteiger partial charge in [-0.2, -0.15) is 10.1 Å². The number of carbonyl (C=O) groups is 1. The summed E-state index contributed by atoms with van der Waals surface area (Å²) in [5, 5.41) is 8.47. The quantitative estimate of drug-likeness (QED) is 0.555. The molecular formula is C23H26N4O3. The number of ketones is 1. The van der Waals surface area contributed by atoms with Gasteiger partial charge in [0.25, 0.3) is 0 Å². The lowest BCUT2D eigenvalue weighted by atomic mass is 9.89. The summed E-state index contributed by atoms with van der Waals surface area (Å²) in [5.41, 5.74) is 4.34. The smallest absolute Gasteiger partial charge is 0.226 e. The van der Waals surface area contributed by atoms with Crippen LogP contribution in [0.4, 0.5) is 0 Å². The van der Waals surface area contributed by atoms with Gasteiger partial charge in [0.2, 0.25) is 11.7 Å². The van der Waals surface area contributed by atoms with Crippen molar-refractivity contribution < 1.29 is 14.1 Å². The van der Waals surface area contributed by atoms with E-state index in [0.29, 0.717) is 23.7 Å². The van der Waals surface area contributed by atoms with E-state index in [4.69, 9.17) is 9.26 Å². The molecule has 0 saturated carbocycles. The summed E-state index contributed by atoms with van der Waals surface area (Å²) in [6, 6.07) is 6.30. The highest BCUT2D eigenvalue weighted by atomic mass is 16.5. The van der Waals surface area contributed by atoms with E-state index in [-0.39, 0.29) is 17.1 Å². The first kappa shape index (κ1) is 19.2. The van der Waals surface area contributed by atoms with Gasteiger partial charge in [-0.25, -0.2) is 0 Å². The Balaban J connectivity index is 1.27. The van der Waals surface area contributed by atoms with Crippen molar-refractivity contribution in [3.8, 4) is 11.4 Å². The third-order valence-corrected chi connectivity index (χ3v) is 6.21. The maximum absolute atomic E-state index is 12.9. The van der Waals surface area contributed by atoms with E-state index in [9.17, 15) is 4.79 Å². The molecule has 0 radical (unpaired) electrons. The van der Waals surface area contributed by atoms with Crippen molar-refractivity contribution in [3.63, 3.8) is 0 Å². The minimum absolute atomic E-state index is 0.130. The van der Waals surface area contributed by atoms with E-state index in [0.717, 1.165) is 44.6 Å². The molecule has 1 fully saturated rings. The zero-order valence-corrected chi connectivity index (χ0v) is 17.4. The molecule has 0 spiro atoms. The highest BCUT2D eigenvalue weighted by Gasteiger charge is 2.34. The molecule has 0 unspecified atom stereocenters. The Labute approximate surface area is 175 Å². The van der Waals surface area contributed by atoms with Gasteiger partial charge in [-0.05, 0) is 36.0 Å². The summed E-state index contributed by atoms with van der Waals surface area (Å²) < 4.78 is 12.4. The molecule has 1 atom stereocenters. The summed E-state index contributed by atoms with van der Waals surface area (Å²) in [5.74, 6) is 1.68. The molecule has 7 nitrogen and oxygen atoms in total. The number of aryl methyl sites for hydroxylation is 2. The number of nitrogens with zero attached hydrogens (tertiary/aromatic N) is 4. The number of carbonyl (C=O) groups excluding carboxylic acids is 1. The van der Waals surface area contributed by atoms with Gasteiger partial charge in [-0.15, -0.1) is 0 Å².